The molecule has 170 valence electrons. The Hall–Kier alpha value is -4.25. The van der Waals surface area contributed by atoms with Crippen LogP contribution in [0.3, 0.4) is 0 Å². The van der Waals surface area contributed by atoms with Gasteiger partial charge in [-0.15, -0.1) is 0 Å². The Labute approximate surface area is 192 Å². The van der Waals surface area contributed by atoms with Crippen LogP contribution in [0.15, 0.2) is 48.5 Å². The van der Waals surface area contributed by atoms with Crippen molar-refractivity contribution in [2.75, 3.05) is 26.1 Å². The van der Waals surface area contributed by atoms with E-state index in [0.717, 1.165) is 16.8 Å². The van der Waals surface area contributed by atoms with Gasteiger partial charge in [-0.2, -0.15) is 5.26 Å². The van der Waals surface area contributed by atoms with Gasteiger partial charge in [0.25, 0.3) is 5.91 Å². The normalized spacial score (nSPS) is 10.3. The van der Waals surface area contributed by atoms with E-state index in [0.29, 0.717) is 29.4 Å². The lowest BCUT2D eigenvalue weighted by atomic mass is 10.2. The van der Waals surface area contributed by atoms with Gasteiger partial charge in [-0.25, -0.2) is 4.79 Å². The Balaban J connectivity index is 1.77. The SMILES string of the molecule is COc1ccc(OC)c(C(=O)OCC(=O)Nc2c(C#N)c(C)c(C)n2Cc2ccccc2)c1. The van der Waals surface area contributed by atoms with Gasteiger partial charge in [0, 0.05) is 12.2 Å². The first-order valence-electron chi connectivity index (χ1n) is 10.2. The fourth-order valence-corrected chi connectivity index (χ4v) is 3.44. The second-order valence-electron chi connectivity index (χ2n) is 7.31. The van der Waals surface area contributed by atoms with E-state index in [9.17, 15) is 14.9 Å². The molecule has 0 fully saturated rings. The average Bonchev–Trinajstić information content (AvgIpc) is 3.06. The molecule has 0 saturated carbocycles. The number of amides is 1. The summed E-state index contributed by atoms with van der Waals surface area (Å²) in [6.45, 7) is 3.67. The quantitative estimate of drug-likeness (QED) is 0.527. The lowest BCUT2D eigenvalue weighted by Gasteiger charge is -2.14. The molecule has 1 amide bonds. The van der Waals surface area contributed by atoms with Gasteiger partial charge in [-0.3, -0.25) is 4.79 Å². The predicted octanol–water partition coefficient (Wildman–Crippen LogP) is 3.84. The summed E-state index contributed by atoms with van der Waals surface area (Å²) in [7, 11) is 2.91. The minimum absolute atomic E-state index is 0.140. The standard InChI is InChI=1S/C25H25N3O5/c1-16-17(2)28(14-18-8-6-5-7-9-18)24(21(16)13-26)27-23(29)15-33-25(30)20-12-19(31-3)10-11-22(20)32-4/h5-12H,14-15H2,1-4H3,(H,27,29). The Bertz CT molecular complexity index is 1210. The highest BCUT2D eigenvalue weighted by Crippen LogP contribution is 2.28. The lowest BCUT2D eigenvalue weighted by molar-refractivity contribution is -0.119. The number of benzene rings is 2. The van der Waals surface area contributed by atoms with E-state index in [1.54, 1.807) is 12.1 Å². The van der Waals surface area contributed by atoms with Gasteiger partial charge in [0.1, 0.15) is 28.9 Å². The zero-order valence-corrected chi connectivity index (χ0v) is 19.0. The topological polar surface area (TPSA) is 103 Å². The molecule has 8 heteroatoms. The van der Waals surface area contributed by atoms with E-state index >= 15 is 0 Å². The third kappa shape index (κ3) is 5.15. The van der Waals surface area contributed by atoms with Gasteiger partial charge in [0.2, 0.25) is 0 Å². The summed E-state index contributed by atoms with van der Waals surface area (Å²) < 4.78 is 17.4. The van der Waals surface area contributed by atoms with Gasteiger partial charge in [0.15, 0.2) is 6.61 Å². The van der Waals surface area contributed by atoms with Crippen LogP contribution >= 0.6 is 0 Å². The molecule has 2 aromatic carbocycles. The van der Waals surface area contributed by atoms with Crippen LogP contribution < -0.4 is 14.8 Å². The van der Waals surface area contributed by atoms with Crippen molar-refractivity contribution >= 4 is 17.7 Å². The van der Waals surface area contributed by atoms with Gasteiger partial charge < -0.3 is 24.1 Å². The van der Waals surface area contributed by atoms with E-state index in [1.165, 1.54) is 20.3 Å². The first-order chi connectivity index (χ1) is 15.9. The molecule has 3 aromatic rings. The van der Waals surface area contributed by atoms with Crippen molar-refractivity contribution in [3.8, 4) is 17.6 Å². The highest BCUT2D eigenvalue weighted by Gasteiger charge is 2.21. The van der Waals surface area contributed by atoms with Crippen molar-refractivity contribution < 1.29 is 23.8 Å². The summed E-state index contributed by atoms with van der Waals surface area (Å²) in [4.78, 5) is 25.2. The summed E-state index contributed by atoms with van der Waals surface area (Å²) in [6, 6.07) is 16.6. The first-order valence-corrected chi connectivity index (χ1v) is 10.2. The monoisotopic (exact) mass is 447 g/mol. The molecule has 3 rings (SSSR count). The third-order valence-electron chi connectivity index (χ3n) is 5.34. The second-order valence-corrected chi connectivity index (χ2v) is 7.31. The number of carbonyl (C=O) groups excluding carboxylic acids is 2. The Morgan fingerprint density at radius 2 is 1.79 bits per heavy atom. The molecule has 0 spiro atoms. The molecular weight excluding hydrogens is 422 g/mol. The van der Waals surface area contributed by atoms with Crippen molar-refractivity contribution in [2.24, 2.45) is 0 Å². The van der Waals surface area contributed by atoms with Gasteiger partial charge in [-0.1, -0.05) is 30.3 Å². The Morgan fingerprint density at radius 1 is 1.06 bits per heavy atom. The highest BCUT2D eigenvalue weighted by molar-refractivity contribution is 5.97. The molecule has 0 bridgehead atoms. The number of aromatic nitrogens is 1. The number of methoxy groups -OCH3 is 2. The molecule has 1 N–H and O–H groups in total. The number of nitrogens with zero attached hydrogens (tertiary/aromatic N) is 2. The molecule has 0 saturated heterocycles. The average molecular weight is 447 g/mol. The molecule has 1 heterocycles. The number of esters is 1. The fraction of sp³-hybridized carbons (Fsp3) is 0.240. The lowest BCUT2D eigenvalue weighted by Crippen LogP contribution is -2.23. The number of carbonyl (C=O) groups is 2. The number of hydrogen-bond donors (Lipinski definition) is 1. The number of nitriles is 1. The van der Waals surface area contributed by atoms with Crippen molar-refractivity contribution in [1.82, 2.24) is 4.57 Å². The van der Waals surface area contributed by atoms with Crippen molar-refractivity contribution in [2.45, 2.75) is 20.4 Å². The van der Waals surface area contributed by atoms with E-state index in [4.69, 9.17) is 14.2 Å². The third-order valence-corrected chi connectivity index (χ3v) is 5.34. The zero-order chi connectivity index (χ0) is 24.0. The highest BCUT2D eigenvalue weighted by atomic mass is 16.5. The maximum absolute atomic E-state index is 12.7. The maximum Gasteiger partial charge on any atom is 0.342 e. The van der Waals surface area contributed by atoms with Crippen molar-refractivity contribution in [3.05, 3.63) is 76.5 Å². The minimum Gasteiger partial charge on any atom is -0.497 e. The second kappa shape index (κ2) is 10.4. The number of hydrogen-bond acceptors (Lipinski definition) is 6. The summed E-state index contributed by atoms with van der Waals surface area (Å²) in [6.07, 6.45) is 0. The smallest absolute Gasteiger partial charge is 0.342 e. The Kier molecular flexibility index (Phi) is 7.36. The van der Waals surface area contributed by atoms with E-state index < -0.39 is 18.5 Å². The molecular formula is C25H25N3O5. The minimum atomic E-state index is -0.728. The van der Waals surface area contributed by atoms with Gasteiger partial charge in [0.05, 0.1) is 19.8 Å². The first kappa shape index (κ1) is 23.4. The molecule has 1 aromatic heterocycles. The number of anilines is 1. The molecule has 0 aliphatic rings. The van der Waals surface area contributed by atoms with Crippen LogP contribution in [0.1, 0.15) is 32.7 Å². The molecule has 0 radical (unpaired) electrons. The van der Waals surface area contributed by atoms with E-state index in [2.05, 4.69) is 11.4 Å². The van der Waals surface area contributed by atoms with E-state index in [-0.39, 0.29) is 5.56 Å². The number of ether oxygens (including phenoxy) is 3. The van der Waals surface area contributed by atoms with Crippen LogP contribution in [0.25, 0.3) is 0 Å². The number of rotatable bonds is 8. The van der Waals surface area contributed by atoms with Crippen LogP contribution in [-0.2, 0) is 16.1 Å². The van der Waals surface area contributed by atoms with Crippen molar-refractivity contribution in [1.29, 1.82) is 5.26 Å². The van der Waals surface area contributed by atoms with Crippen molar-refractivity contribution in [3.63, 3.8) is 0 Å². The largest absolute Gasteiger partial charge is 0.497 e. The summed E-state index contributed by atoms with van der Waals surface area (Å²) in [5.41, 5.74) is 3.18. The maximum atomic E-state index is 12.7. The molecule has 0 aliphatic heterocycles. The molecule has 8 nitrogen and oxygen atoms in total. The summed E-state index contributed by atoms with van der Waals surface area (Å²) >= 11 is 0. The van der Waals surface area contributed by atoms with Gasteiger partial charge >= 0.3 is 5.97 Å². The Morgan fingerprint density at radius 3 is 2.42 bits per heavy atom. The van der Waals surface area contributed by atoms with Crippen LogP contribution in [0.4, 0.5) is 5.82 Å². The summed E-state index contributed by atoms with van der Waals surface area (Å²) in [5, 5.41) is 12.4. The summed E-state index contributed by atoms with van der Waals surface area (Å²) in [5.74, 6) is -0.162. The fourth-order valence-electron chi connectivity index (χ4n) is 3.44. The molecule has 33 heavy (non-hydrogen) atoms. The predicted molar refractivity (Wildman–Crippen MR) is 123 cm³/mol. The molecule has 0 aliphatic carbocycles. The van der Waals surface area contributed by atoms with Crippen LogP contribution in [-0.4, -0.2) is 37.3 Å². The van der Waals surface area contributed by atoms with Gasteiger partial charge in [-0.05, 0) is 43.2 Å². The van der Waals surface area contributed by atoms with E-state index in [1.807, 2.05) is 48.7 Å². The van der Waals surface area contributed by atoms with Crippen LogP contribution in [0, 0.1) is 25.2 Å². The van der Waals surface area contributed by atoms with Crippen LogP contribution in [0.2, 0.25) is 0 Å². The van der Waals surface area contributed by atoms with Crippen LogP contribution in [0.5, 0.6) is 11.5 Å². The number of nitrogens with one attached hydrogen (secondary N) is 1. The molecule has 0 atom stereocenters. The molecule has 0 unspecified atom stereocenters. The zero-order valence-electron chi connectivity index (χ0n) is 19.0.